The summed E-state index contributed by atoms with van der Waals surface area (Å²) in [5.74, 6) is 2.68. The maximum absolute atomic E-state index is 6.31. The van der Waals surface area contributed by atoms with Crippen molar-refractivity contribution >= 4 is 23.5 Å². The first-order valence-corrected chi connectivity index (χ1v) is 11.6. The molecule has 4 heteroatoms. The van der Waals surface area contributed by atoms with Gasteiger partial charge in [-0.25, -0.2) is 0 Å². The summed E-state index contributed by atoms with van der Waals surface area (Å²) in [6.07, 6.45) is 10.5. The van der Waals surface area contributed by atoms with Crippen LogP contribution >= 0.6 is 23.5 Å². The molecule has 0 amide bonds. The summed E-state index contributed by atoms with van der Waals surface area (Å²) in [6.45, 7) is 10.5. The van der Waals surface area contributed by atoms with E-state index >= 15 is 0 Å². The minimum absolute atomic E-state index is 0.217. The first-order chi connectivity index (χ1) is 11.6. The van der Waals surface area contributed by atoms with E-state index in [1.165, 1.54) is 41.9 Å². The van der Waals surface area contributed by atoms with Gasteiger partial charge in [-0.2, -0.15) is 0 Å². The van der Waals surface area contributed by atoms with Crippen LogP contribution < -0.4 is 0 Å². The van der Waals surface area contributed by atoms with Crippen LogP contribution in [0.2, 0.25) is 0 Å². The fourth-order valence-electron chi connectivity index (χ4n) is 3.82. The smallest absolute Gasteiger partial charge is 0.0788 e. The second kappa shape index (κ2) is 9.16. The van der Waals surface area contributed by atoms with E-state index < -0.39 is 0 Å². The Kier molecular flexibility index (Phi) is 7.20. The second-order valence-corrected chi connectivity index (χ2v) is 10.3. The van der Waals surface area contributed by atoms with Crippen molar-refractivity contribution in [1.29, 1.82) is 0 Å². The summed E-state index contributed by atoms with van der Waals surface area (Å²) in [7, 11) is 0. The minimum Gasteiger partial charge on any atom is -0.371 e. The van der Waals surface area contributed by atoms with E-state index in [2.05, 4.69) is 43.6 Å². The Balaban J connectivity index is 1.36. The molecule has 3 aliphatic heterocycles. The molecule has 0 saturated carbocycles. The van der Waals surface area contributed by atoms with Crippen LogP contribution in [0.5, 0.6) is 0 Å². The van der Waals surface area contributed by atoms with Gasteiger partial charge in [-0.05, 0) is 80.9 Å². The highest BCUT2D eigenvalue weighted by Gasteiger charge is 2.31. The Bertz CT molecular complexity index is 445. The van der Waals surface area contributed by atoms with Crippen molar-refractivity contribution in [3.05, 3.63) is 24.3 Å². The van der Waals surface area contributed by atoms with Gasteiger partial charge >= 0.3 is 0 Å². The van der Waals surface area contributed by atoms with Gasteiger partial charge in [-0.1, -0.05) is 13.2 Å². The van der Waals surface area contributed by atoms with Crippen LogP contribution in [0.25, 0.3) is 0 Å². The third kappa shape index (κ3) is 5.30. The molecular formula is C20H32O2S2. The summed E-state index contributed by atoms with van der Waals surface area (Å²) < 4.78 is 13.2. The molecule has 0 aliphatic carbocycles. The van der Waals surface area contributed by atoms with Crippen molar-refractivity contribution in [1.82, 2.24) is 0 Å². The molecular weight excluding hydrogens is 336 g/mol. The third-order valence-corrected chi connectivity index (χ3v) is 8.51. The maximum atomic E-state index is 6.31. The first kappa shape index (κ1) is 18.9. The molecule has 0 spiro atoms. The zero-order valence-corrected chi connectivity index (χ0v) is 16.6. The maximum Gasteiger partial charge on any atom is 0.0788 e. The fourth-order valence-corrected chi connectivity index (χ4v) is 6.72. The standard InChI is InChI=1S/C20H32O2S2/c1-14-5-6-17(21-16(14)3)7-9-19-15(2)13-18(22-19)8-10-20-23-11-4-12-24-20/h16-20H,1-2,4-13H2,3H3/t16-,17-,18+,19+/m1/s1. The predicted octanol–water partition coefficient (Wildman–Crippen LogP) is 5.58. The fraction of sp³-hybridized carbons (Fsp3) is 0.800. The van der Waals surface area contributed by atoms with Gasteiger partial charge in [0.1, 0.15) is 0 Å². The molecule has 0 unspecified atom stereocenters. The van der Waals surface area contributed by atoms with Gasteiger partial charge < -0.3 is 9.47 Å². The Morgan fingerprint density at radius 1 is 0.958 bits per heavy atom. The summed E-state index contributed by atoms with van der Waals surface area (Å²) in [6, 6.07) is 0. The molecule has 3 saturated heterocycles. The SMILES string of the molecule is C=C1C[C@H](CCC2SCCCS2)O[C@H]1CC[C@H]1CCC(=C)[C@@H](C)O1. The number of ether oxygens (including phenoxy) is 2. The summed E-state index contributed by atoms with van der Waals surface area (Å²) >= 11 is 4.28. The lowest BCUT2D eigenvalue weighted by Gasteiger charge is -2.30. The van der Waals surface area contributed by atoms with Crippen molar-refractivity contribution in [2.45, 2.75) is 87.3 Å². The quantitative estimate of drug-likeness (QED) is 0.569. The van der Waals surface area contributed by atoms with Crippen molar-refractivity contribution in [2.24, 2.45) is 0 Å². The molecule has 3 heterocycles. The molecule has 0 radical (unpaired) electrons. The lowest BCUT2D eigenvalue weighted by Crippen LogP contribution is -2.28. The molecule has 0 aromatic carbocycles. The molecule has 0 aromatic rings. The number of hydrogen-bond donors (Lipinski definition) is 0. The topological polar surface area (TPSA) is 18.5 Å². The molecule has 0 bridgehead atoms. The zero-order valence-electron chi connectivity index (χ0n) is 15.0. The molecule has 136 valence electrons. The van der Waals surface area contributed by atoms with Crippen molar-refractivity contribution in [3.63, 3.8) is 0 Å². The monoisotopic (exact) mass is 368 g/mol. The van der Waals surface area contributed by atoms with Gasteiger partial charge in [0.25, 0.3) is 0 Å². The van der Waals surface area contributed by atoms with Gasteiger partial charge in [0.15, 0.2) is 0 Å². The van der Waals surface area contributed by atoms with Crippen LogP contribution in [-0.2, 0) is 9.47 Å². The summed E-state index contributed by atoms with van der Waals surface area (Å²) in [5, 5.41) is 0. The van der Waals surface area contributed by atoms with Crippen LogP contribution in [0.15, 0.2) is 24.3 Å². The molecule has 0 aromatic heterocycles. The van der Waals surface area contributed by atoms with E-state index in [4.69, 9.17) is 9.47 Å². The van der Waals surface area contributed by atoms with Gasteiger partial charge in [0, 0.05) is 0 Å². The van der Waals surface area contributed by atoms with Crippen molar-refractivity contribution < 1.29 is 9.47 Å². The average Bonchev–Trinajstić information content (AvgIpc) is 2.95. The lowest BCUT2D eigenvalue weighted by molar-refractivity contribution is -0.0256. The Morgan fingerprint density at radius 2 is 1.71 bits per heavy atom. The highest BCUT2D eigenvalue weighted by Crippen LogP contribution is 2.37. The van der Waals surface area contributed by atoms with E-state index in [9.17, 15) is 0 Å². The predicted molar refractivity (Wildman–Crippen MR) is 107 cm³/mol. The van der Waals surface area contributed by atoms with E-state index in [0.29, 0.717) is 12.2 Å². The molecule has 3 fully saturated rings. The molecule has 3 rings (SSSR count). The van der Waals surface area contributed by atoms with Gasteiger partial charge in [-0.15, -0.1) is 23.5 Å². The molecule has 4 atom stereocenters. The zero-order chi connectivity index (χ0) is 16.9. The first-order valence-electron chi connectivity index (χ1n) is 9.51. The molecule has 3 aliphatic rings. The average molecular weight is 369 g/mol. The molecule has 0 N–H and O–H groups in total. The van der Waals surface area contributed by atoms with Crippen LogP contribution in [-0.4, -0.2) is 40.5 Å². The number of rotatable bonds is 6. The van der Waals surface area contributed by atoms with Crippen LogP contribution in [0.4, 0.5) is 0 Å². The van der Waals surface area contributed by atoms with Gasteiger partial charge in [0.05, 0.1) is 29.0 Å². The van der Waals surface area contributed by atoms with Crippen LogP contribution in [0.1, 0.15) is 58.3 Å². The van der Waals surface area contributed by atoms with E-state index in [1.807, 2.05) is 0 Å². The molecule has 24 heavy (non-hydrogen) atoms. The summed E-state index contributed by atoms with van der Waals surface area (Å²) in [5.41, 5.74) is 2.54. The van der Waals surface area contributed by atoms with Crippen LogP contribution in [0.3, 0.4) is 0 Å². The highest BCUT2D eigenvalue weighted by atomic mass is 32.2. The van der Waals surface area contributed by atoms with E-state index in [1.54, 1.807) is 0 Å². The van der Waals surface area contributed by atoms with Crippen molar-refractivity contribution in [2.75, 3.05) is 11.5 Å². The van der Waals surface area contributed by atoms with Crippen molar-refractivity contribution in [3.8, 4) is 0 Å². The second-order valence-electron chi connectivity index (χ2n) is 7.39. The molecule has 2 nitrogen and oxygen atoms in total. The minimum atomic E-state index is 0.217. The highest BCUT2D eigenvalue weighted by molar-refractivity contribution is 8.17. The van der Waals surface area contributed by atoms with Gasteiger partial charge in [0.2, 0.25) is 0 Å². The Hall–Kier alpha value is 0.1000. The number of thioether (sulfide) groups is 2. The summed E-state index contributed by atoms with van der Waals surface area (Å²) in [4.78, 5) is 0. The van der Waals surface area contributed by atoms with Gasteiger partial charge in [-0.3, -0.25) is 0 Å². The lowest BCUT2D eigenvalue weighted by atomic mass is 9.95. The Labute approximate surface area is 156 Å². The third-order valence-electron chi connectivity index (χ3n) is 5.43. The largest absolute Gasteiger partial charge is 0.371 e. The normalized spacial score (nSPS) is 35.5. The van der Waals surface area contributed by atoms with Crippen LogP contribution in [0, 0.1) is 0 Å². The number of hydrogen-bond acceptors (Lipinski definition) is 4. The van der Waals surface area contributed by atoms with E-state index in [-0.39, 0.29) is 12.2 Å². The van der Waals surface area contributed by atoms with E-state index in [0.717, 1.165) is 36.7 Å². The Morgan fingerprint density at radius 3 is 2.46 bits per heavy atom.